The molecule has 328 valence electrons. The first kappa shape index (κ1) is 48.0. The molecular formula is C45H70O13. The van der Waals surface area contributed by atoms with E-state index in [2.05, 4.69) is 0 Å². The van der Waals surface area contributed by atoms with Gasteiger partial charge in [0.2, 0.25) is 0 Å². The van der Waals surface area contributed by atoms with Crippen molar-refractivity contribution in [1.82, 2.24) is 0 Å². The van der Waals surface area contributed by atoms with E-state index in [-0.39, 0.29) is 37.4 Å². The second kappa shape index (κ2) is 19.4. The molecule has 0 aromatic heterocycles. The van der Waals surface area contributed by atoms with E-state index in [0.29, 0.717) is 12.0 Å². The van der Waals surface area contributed by atoms with Crippen molar-refractivity contribution in [2.24, 2.45) is 5.92 Å². The van der Waals surface area contributed by atoms with E-state index in [0.717, 1.165) is 5.56 Å². The number of rotatable bonds is 18. The Labute approximate surface area is 344 Å². The van der Waals surface area contributed by atoms with Crippen LogP contribution in [0.25, 0.3) is 0 Å². The lowest BCUT2D eigenvalue weighted by Crippen LogP contribution is -2.67. The van der Waals surface area contributed by atoms with Crippen LogP contribution in [0.2, 0.25) is 0 Å². The predicted molar refractivity (Wildman–Crippen MR) is 217 cm³/mol. The monoisotopic (exact) mass is 818 g/mol. The molecule has 13 heteroatoms. The summed E-state index contributed by atoms with van der Waals surface area (Å²) in [6.07, 6.45) is -11.5. The van der Waals surface area contributed by atoms with Crippen molar-refractivity contribution in [3.8, 4) is 5.75 Å². The van der Waals surface area contributed by atoms with E-state index in [4.69, 9.17) is 33.2 Å². The smallest absolute Gasteiger partial charge is 0.338 e. The van der Waals surface area contributed by atoms with Gasteiger partial charge in [0.15, 0.2) is 6.10 Å². The first-order valence-corrected chi connectivity index (χ1v) is 20.5. The van der Waals surface area contributed by atoms with Crippen LogP contribution in [0.15, 0.2) is 54.6 Å². The van der Waals surface area contributed by atoms with E-state index < -0.39 is 89.4 Å². The average molecular weight is 819 g/mol. The van der Waals surface area contributed by atoms with Gasteiger partial charge >= 0.3 is 5.97 Å². The topological polar surface area (TPSA) is 183 Å². The molecule has 2 heterocycles. The fraction of sp³-hybridized carbons (Fsp3) is 0.711. The van der Waals surface area contributed by atoms with E-state index >= 15 is 0 Å². The summed E-state index contributed by atoms with van der Waals surface area (Å²) in [7, 11) is 0. The van der Waals surface area contributed by atoms with E-state index in [1.165, 1.54) is 12.1 Å². The van der Waals surface area contributed by atoms with E-state index in [9.17, 15) is 30.3 Å². The summed E-state index contributed by atoms with van der Waals surface area (Å²) in [4.78, 5) is 13.7. The van der Waals surface area contributed by atoms with Crippen LogP contribution in [-0.4, -0.2) is 128 Å². The Morgan fingerprint density at radius 2 is 1.28 bits per heavy atom. The molecule has 0 amide bonds. The Balaban J connectivity index is 1.49. The Kier molecular flexibility index (Phi) is 16.0. The SMILES string of the molecule is CC(C)OC(C)(C)C1OC(C(=O)OCc2ccc(O)cc2)[C@@H](OC(C)(C)CCOC(C)(C)C2OC(Cc3ccccc3)[C@@H](OC(C)(C)C(C)C)C(O)C2O)C(O)C1O. The summed E-state index contributed by atoms with van der Waals surface area (Å²) in [6, 6.07) is 16.0. The second-order valence-electron chi connectivity index (χ2n) is 18.7. The molecule has 0 bridgehead atoms. The largest absolute Gasteiger partial charge is 0.508 e. The molecule has 4 rings (SSSR count). The maximum absolute atomic E-state index is 13.7. The molecule has 2 aromatic rings. The number of phenolic OH excluding ortho intramolecular Hbond substituents is 1. The van der Waals surface area contributed by atoms with Gasteiger partial charge in [-0.1, -0.05) is 56.3 Å². The molecule has 8 unspecified atom stereocenters. The maximum atomic E-state index is 13.7. The fourth-order valence-electron chi connectivity index (χ4n) is 7.50. The van der Waals surface area contributed by atoms with Crippen molar-refractivity contribution >= 4 is 5.97 Å². The lowest BCUT2D eigenvalue weighted by atomic mass is 9.84. The molecule has 2 aromatic carbocycles. The lowest BCUT2D eigenvalue weighted by Gasteiger charge is -2.50. The van der Waals surface area contributed by atoms with E-state index in [1.54, 1.807) is 53.7 Å². The summed E-state index contributed by atoms with van der Waals surface area (Å²) in [5.41, 5.74) is -2.27. The number of carbonyl (C=O) groups excluding carboxylic acids is 1. The zero-order valence-electron chi connectivity index (χ0n) is 36.5. The molecule has 2 fully saturated rings. The normalized spacial score (nSPS) is 28.9. The molecule has 2 aliphatic rings. The number of hydrogen-bond acceptors (Lipinski definition) is 13. The zero-order chi connectivity index (χ0) is 43.4. The van der Waals surface area contributed by atoms with Crippen molar-refractivity contribution in [1.29, 1.82) is 0 Å². The van der Waals surface area contributed by atoms with Crippen molar-refractivity contribution in [2.45, 2.75) is 192 Å². The molecule has 2 aliphatic heterocycles. The first-order chi connectivity index (χ1) is 26.8. The van der Waals surface area contributed by atoms with Crippen LogP contribution in [-0.2, 0) is 51.0 Å². The zero-order valence-corrected chi connectivity index (χ0v) is 36.5. The summed E-state index contributed by atoms with van der Waals surface area (Å²) in [6.45, 7) is 22.2. The summed E-state index contributed by atoms with van der Waals surface area (Å²) >= 11 is 0. The summed E-state index contributed by atoms with van der Waals surface area (Å²) in [5, 5.41) is 55.8. The Bertz CT molecular complexity index is 1570. The molecule has 13 nitrogen and oxygen atoms in total. The minimum absolute atomic E-state index is 0.0674. The number of aliphatic hydroxyl groups is 4. The van der Waals surface area contributed by atoms with Crippen LogP contribution in [0.1, 0.15) is 101 Å². The Morgan fingerprint density at radius 1 is 0.707 bits per heavy atom. The van der Waals surface area contributed by atoms with Gasteiger partial charge in [-0.05, 0) is 105 Å². The third kappa shape index (κ3) is 12.2. The van der Waals surface area contributed by atoms with Crippen molar-refractivity contribution in [3.63, 3.8) is 0 Å². The van der Waals surface area contributed by atoms with Gasteiger partial charge in [0.05, 0.1) is 41.2 Å². The number of ether oxygens (including phenoxy) is 7. The van der Waals surface area contributed by atoms with Crippen LogP contribution < -0.4 is 0 Å². The minimum atomic E-state index is -1.57. The first-order valence-electron chi connectivity index (χ1n) is 20.5. The van der Waals surface area contributed by atoms with Gasteiger partial charge < -0.3 is 58.7 Å². The van der Waals surface area contributed by atoms with Crippen LogP contribution >= 0.6 is 0 Å². The molecule has 0 radical (unpaired) electrons. The molecule has 0 aliphatic carbocycles. The standard InChI is InChI=1S/C45H70O13/c1-26(2)43(7,8)58-36-31(24-28-16-14-13-15-17-28)54-39(34(49)32(36)47)44(9,10)53-23-22-42(5,6)57-37-33(48)35(50)40(45(11,12)56-27(3)4)55-38(37)41(51)52-25-29-18-20-30(46)21-19-29/h13-21,26-27,31-40,46-50H,22-25H2,1-12H3/t31?,32?,33?,34?,35?,36-,37+,38?,39?,40?/m1/s1. The molecular weight excluding hydrogens is 748 g/mol. The van der Waals surface area contributed by atoms with Crippen molar-refractivity contribution < 1.29 is 63.5 Å². The van der Waals surface area contributed by atoms with Gasteiger partial charge in [-0.25, -0.2) is 4.79 Å². The maximum Gasteiger partial charge on any atom is 0.338 e. The number of esters is 1. The number of carbonyl (C=O) groups is 1. The number of phenols is 1. The highest BCUT2D eigenvalue weighted by atomic mass is 16.6. The lowest BCUT2D eigenvalue weighted by molar-refractivity contribution is -0.297. The van der Waals surface area contributed by atoms with Crippen molar-refractivity contribution in [3.05, 3.63) is 65.7 Å². The predicted octanol–water partition coefficient (Wildman–Crippen LogP) is 5.03. The van der Waals surface area contributed by atoms with Gasteiger partial charge in [0.1, 0.15) is 61.2 Å². The third-order valence-corrected chi connectivity index (χ3v) is 11.5. The van der Waals surface area contributed by atoms with Crippen LogP contribution in [0.5, 0.6) is 5.75 Å². The molecule has 5 N–H and O–H groups in total. The fourth-order valence-corrected chi connectivity index (χ4v) is 7.50. The van der Waals surface area contributed by atoms with Crippen LogP contribution in [0.4, 0.5) is 0 Å². The second-order valence-corrected chi connectivity index (χ2v) is 18.7. The summed E-state index contributed by atoms with van der Waals surface area (Å²) < 4.78 is 43.9. The number of aromatic hydroxyl groups is 1. The molecule has 58 heavy (non-hydrogen) atoms. The van der Waals surface area contributed by atoms with Crippen molar-refractivity contribution in [2.75, 3.05) is 6.61 Å². The molecule has 0 saturated carbocycles. The molecule has 2 saturated heterocycles. The molecule has 0 spiro atoms. The van der Waals surface area contributed by atoms with Gasteiger partial charge in [-0.3, -0.25) is 0 Å². The Morgan fingerprint density at radius 3 is 1.84 bits per heavy atom. The number of hydrogen-bond donors (Lipinski definition) is 5. The molecule has 10 atom stereocenters. The Hall–Kier alpha value is -2.69. The highest BCUT2D eigenvalue weighted by Gasteiger charge is 2.56. The summed E-state index contributed by atoms with van der Waals surface area (Å²) in [5.74, 6) is -0.619. The average Bonchev–Trinajstić information content (AvgIpc) is 3.12. The quantitative estimate of drug-likeness (QED) is 0.127. The van der Waals surface area contributed by atoms with Gasteiger partial charge in [-0.15, -0.1) is 0 Å². The van der Waals surface area contributed by atoms with Crippen LogP contribution in [0, 0.1) is 5.92 Å². The van der Waals surface area contributed by atoms with Crippen LogP contribution in [0.3, 0.4) is 0 Å². The van der Waals surface area contributed by atoms with Gasteiger partial charge in [0.25, 0.3) is 0 Å². The number of aliphatic hydroxyl groups excluding tert-OH is 4. The number of benzene rings is 2. The van der Waals surface area contributed by atoms with Gasteiger partial charge in [0, 0.05) is 6.42 Å². The minimum Gasteiger partial charge on any atom is -0.508 e. The van der Waals surface area contributed by atoms with E-state index in [1.807, 2.05) is 71.9 Å². The highest BCUT2D eigenvalue weighted by Crippen LogP contribution is 2.38. The van der Waals surface area contributed by atoms with Gasteiger partial charge in [-0.2, -0.15) is 0 Å². The highest BCUT2D eigenvalue weighted by molar-refractivity contribution is 5.76. The third-order valence-electron chi connectivity index (χ3n) is 11.5.